The summed E-state index contributed by atoms with van der Waals surface area (Å²) in [6.07, 6.45) is 5.30. The Morgan fingerprint density at radius 2 is 1.81 bits per heavy atom. The van der Waals surface area contributed by atoms with E-state index in [1.54, 1.807) is 6.20 Å². The summed E-state index contributed by atoms with van der Waals surface area (Å²) in [6, 6.07) is 2.03. The molecule has 1 fully saturated rings. The van der Waals surface area contributed by atoms with Crippen LogP contribution in [0.5, 0.6) is 0 Å². The average Bonchev–Trinajstić information content (AvgIpc) is 2.25. The molecule has 0 saturated carbocycles. The number of carbonyl (C=O) groups is 1. The fourth-order valence-corrected chi connectivity index (χ4v) is 1.77. The zero-order valence-electron chi connectivity index (χ0n) is 10.4. The number of ketones is 1. The maximum Gasteiger partial charge on any atom is 0.180 e. The van der Waals surface area contributed by atoms with Crippen LogP contribution in [0.4, 0.5) is 0 Å². The first kappa shape index (κ1) is 12.8. The number of likely N-dealkylation sites (tertiary alicyclic amines) is 1. The lowest BCUT2D eigenvalue weighted by atomic mass is 9.87. The van der Waals surface area contributed by atoms with E-state index in [9.17, 15) is 4.79 Å². The van der Waals surface area contributed by atoms with Crippen molar-refractivity contribution in [2.24, 2.45) is 5.41 Å². The molecule has 0 N–H and O–H groups in total. The van der Waals surface area contributed by atoms with E-state index in [0.717, 1.165) is 25.9 Å². The Morgan fingerprint density at radius 3 is 2.25 bits per heavy atom. The number of nitriles is 1. The van der Waals surface area contributed by atoms with Crippen molar-refractivity contribution in [3.63, 3.8) is 0 Å². The number of rotatable bonds is 2. The number of nitrogens with zero attached hydrogens (tertiary/aromatic N) is 2. The van der Waals surface area contributed by atoms with Crippen LogP contribution in [0.3, 0.4) is 0 Å². The lowest BCUT2D eigenvalue weighted by Crippen LogP contribution is -2.28. The van der Waals surface area contributed by atoms with E-state index >= 15 is 0 Å². The fourth-order valence-electron chi connectivity index (χ4n) is 1.77. The molecule has 1 heterocycles. The van der Waals surface area contributed by atoms with Gasteiger partial charge in [-0.25, -0.2) is 0 Å². The molecule has 1 rings (SSSR count). The van der Waals surface area contributed by atoms with Crippen LogP contribution in [0, 0.1) is 16.7 Å². The van der Waals surface area contributed by atoms with Gasteiger partial charge in [-0.05, 0) is 19.3 Å². The number of hydrogen-bond donors (Lipinski definition) is 0. The molecule has 0 unspecified atom stereocenters. The standard InChI is InChI=1S/C13H20N2O/c1-13(2,3)12(16)11(9-14)10-15-7-5-4-6-8-15/h10H,4-8H2,1-3H3. The van der Waals surface area contributed by atoms with Crippen LogP contribution in [0.2, 0.25) is 0 Å². The molecule has 0 bridgehead atoms. The third kappa shape index (κ3) is 3.37. The van der Waals surface area contributed by atoms with Gasteiger partial charge in [-0.1, -0.05) is 20.8 Å². The molecule has 0 aromatic heterocycles. The topological polar surface area (TPSA) is 44.1 Å². The molecule has 3 heteroatoms. The van der Waals surface area contributed by atoms with Crippen molar-refractivity contribution >= 4 is 5.78 Å². The highest BCUT2D eigenvalue weighted by atomic mass is 16.1. The summed E-state index contributed by atoms with van der Waals surface area (Å²) < 4.78 is 0. The van der Waals surface area contributed by atoms with Gasteiger partial charge in [0.05, 0.1) is 0 Å². The van der Waals surface area contributed by atoms with Gasteiger partial charge in [-0.15, -0.1) is 0 Å². The molecule has 88 valence electrons. The van der Waals surface area contributed by atoms with Crippen LogP contribution in [-0.2, 0) is 4.79 Å². The maximum absolute atomic E-state index is 12.0. The minimum absolute atomic E-state index is 0.0689. The van der Waals surface area contributed by atoms with Gasteiger partial charge >= 0.3 is 0 Å². The van der Waals surface area contributed by atoms with Crippen molar-refractivity contribution in [2.75, 3.05) is 13.1 Å². The minimum Gasteiger partial charge on any atom is -0.376 e. The third-order valence-corrected chi connectivity index (χ3v) is 2.75. The Bertz CT molecular complexity index is 325. The quantitative estimate of drug-likeness (QED) is 0.530. The summed E-state index contributed by atoms with van der Waals surface area (Å²) in [6.45, 7) is 7.45. The van der Waals surface area contributed by atoms with Crippen LogP contribution >= 0.6 is 0 Å². The zero-order valence-corrected chi connectivity index (χ0v) is 10.4. The number of piperidine rings is 1. The van der Waals surface area contributed by atoms with E-state index in [1.165, 1.54) is 6.42 Å². The Morgan fingerprint density at radius 1 is 1.25 bits per heavy atom. The second-order valence-electron chi connectivity index (χ2n) is 5.33. The molecule has 3 nitrogen and oxygen atoms in total. The number of hydrogen-bond acceptors (Lipinski definition) is 3. The third-order valence-electron chi connectivity index (χ3n) is 2.75. The second-order valence-corrected chi connectivity index (χ2v) is 5.33. The highest BCUT2D eigenvalue weighted by molar-refractivity contribution is 6.02. The van der Waals surface area contributed by atoms with Gasteiger partial charge in [0.2, 0.25) is 0 Å². The van der Waals surface area contributed by atoms with Gasteiger partial charge in [0.1, 0.15) is 11.6 Å². The van der Waals surface area contributed by atoms with E-state index in [4.69, 9.17) is 5.26 Å². The number of Topliss-reactive ketones (excluding diaryl/α,β-unsaturated/α-hetero) is 1. The van der Waals surface area contributed by atoms with E-state index in [0.29, 0.717) is 0 Å². The van der Waals surface area contributed by atoms with Crippen molar-refractivity contribution in [1.82, 2.24) is 4.90 Å². The molecule has 1 aliphatic rings. The summed E-state index contributed by atoms with van der Waals surface area (Å²) in [5.74, 6) is -0.0689. The molecule has 1 saturated heterocycles. The lowest BCUT2D eigenvalue weighted by molar-refractivity contribution is -0.122. The van der Waals surface area contributed by atoms with Gasteiger partial charge in [-0.2, -0.15) is 5.26 Å². The summed E-state index contributed by atoms with van der Waals surface area (Å²) >= 11 is 0. The molecular weight excluding hydrogens is 200 g/mol. The Labute approximate surface area is 97.7 Å². The first-order chi connectivity index (χ1) is 7.45. The summed E-state index contributed by atoms with van der Waals surface area (Å²) in [7, 11) is 0. The van der Waals surface area contributed by atoms with Crippen molar-refractivity contribution in [3.05, 3.63) is 11.8 Å². The molecule has 0 aromatic rings. The fraction of sp³-hybridized carbons (Fsp3) is 0.692. The summed E-state index contributed by atoms with van der Waals surface area (Å²) in [5.41, 5.74) is -0.188. The Balaban J connectivity index is 2.77. The highest BCUT2D eigenvalue weighted by Crippen LogP contribution is 2.20. The molecule has 0 atom stereocenters. The van der Waals surface area contributed by atoms with E-state index in [2.05, 4.69) is 4.90 Å². The second kappa shape index (κ2) is 5.16. The zero-order chi connectivity index (χ0) is 12.2. The molecule has 0 spiro atoms. The summed E-state index contributed by atoms with van der Waals surface area (Å²) in [5, 5.41) is 9.02. The van der Waals surface area contributed by atoms with E-state index in [-0.39, 0.29) is 11.4 Å². The largest absolute Gasteiger partial charge is 0.376 e. The molecule has 0 radical (unpaired) electrons. The van der Waals surface area contributed by atoms with Gasteiger partial charge in [0.25, 0.3) is 0 Å². The van der Waals surface area contributed by atoms with Gasteiger partial charge < -0.3 is 4.90 Å². The average molecular weight is 220 g/mol. The number of carbonyl (C=O) groups excluding carboxylic acids is 1. The van der Waals surface area contributed by atoms with Crippen LogP contribution in [-0.4, -0.2) is 23.8 Å². The van der Waals surface area contributed by atoms with Crippen LogP contribution in [0.1, 0.15) is 40.0 Å². The normalized spacial score (nSPS) is 18.1. The van der Waals surface area contributed by atoms with Gasteiger partial charge in [0, 0.05) is 24.7 Å². The Hall–Kier alpha value is -1.30. The molecule has 0 aromatic carbocycles. The Kier molecular flexibility index (Phi) is 4.12. The van der Waals surface area contributed by atoms with E-state index < -0.39 is 5.41 Å². The SMILES string of the molecule is CC(C)(C)C(=O)C(C#N)=CN1CCCCC1. The maximum atomic E-state index is 12.0. The smallest absolute Gasteiger partial charge is 0.180 e. The summed E-state index contributed by atoms with van der Waals surface area (Å²) in [4.78, 5) is 14.0. The van der Waals surface area contributed by atoms with E-state index in [1.807, 2.05) is 26.8 Å². The van der Waals surface area contributed by atoms with Crippen molar-refractivity contribution in [1.29, 1.82) is 5.26 Å². The molecule has 0 amide bonds. The van der Waals surface area contributed by atoms with Crippen LogP contribution in [0.15, 0.2) is 11.8 Å². The van der Waals surface area contributed by atoms with Crippen molar-refractivity contribution < 1.29 is 4.79 Å². The molecule has 1 aliphatic heterocycles. The van der Waals surface area contributed by atoms with Crippen molar-refractivity contribution in [3.8, 4) is 6.07 Å². The predicted molar refractivity (Wildman–Crippen MR) is 63.6 cm³/mol. The minimum atomic E-state index is -0.475. The molecule has 16 heavy (non-hydrogen) atoms. The van der Waals surface area contributed by atoms with Crippen LogP contribution in [0.25, 0.3) is 0 Å². The van der Waals surface area contributed by atoms with Gasteiger partial charge in [0.15, 0.2) is 5.78 Å². The predicted octanol–water partition coefficient (Wildman–Crippen LogP) is 2.49. The number of allylic oxidation sites excluding steroid dienone is 1. The first-order valence-electron chi connectivity index (χ1n) is 5.86. The van der Waals surface area contributed by atoms with Crippen LogP contribution < -0.4 is 0 Å². The molecular formula is C13H20N2O. The lowest BCUT2D eigenvalue weighted by Gasteiger charge is -2.26. The monoisotopic (exact) mass is 220 g/mol. The highest BCUT2D eigenvalue weighted by Gasteiger charge is 2.25. The molecule has 0 aliphatic carbocycles. The van der Waals surface area contributed by atoms with Crippen molar-refractivity contribution in [2.45, 2.75) is 40.0 Å². The van der Waals surface area contributed by atoms with Gasteiger partial charge in [-0.3, -0.25) is 4.79 Å². The first-order valence-corrected chi connectivity index (χ1v) is 5.86.